The summed E-state index contributed by atoms with van der Waals surface area (Å²) in [5, 5.41) is 12.5. The Bertz CT molecular complexity index is 457. The summed E-state index contributed by atoms with van der Waals surface area (Å²) in [6.45, 7) is -2.25. The fourth-order valence-electron chi connectivity index (χ4n) is 2.76. The van der Waals surface area contributed by atoms with Gasteiger partial charge in [-0.15, -0.1) is 0 Å². The molecule has 1 fully saturated rings. The second-order valence-electron chi connectivity index (χ2n) is 5.27. The molecule has 1 saturated carbocycles. The van der Waals surface area contributed by atoms with E-state index >= 15 is 0 Å². The van der Waals surface area contributed by atoms with Crippen LogP contribution in [0.25, 0.3) is 0 Å². The maximum Gasteiger partial charge on any atom is 0.387 e. The lowest BCUT2D eigenvalue weighted by Crippen LogP contribution is -2.26. The van der Waals surface area contributed by atoms with Gasteiger partial charge in [0.25, 0.3) is 0 Å². The fraction of sp³-hybridized carbons (Fsp3) is 0.600. The highest BCUT2D eigenvalue weighted by atomic mass is 19.3. The number of halogens is 2. The molecule has 0 unspecified atom stereocenters. The molecule has 1 aliphatic carbocycles. The molecule has 6 heteroatoms. The van der Waals surface area contributed by atoms with Gasteiger partial charge in [0.1, 0.15) is 0 Å². The number of aliphatic hydroxyl groups is 1. The normalized spacial score (nSPS) is 21.8. The highest BCUT2D eigenvalue weighted by Gasteiger charge is 2.24. The van der Waals surface area contributed by atoms with Gasteiger partial charge < -0.3 is 19.9 Å². The number of nitrogens with one attached hydrogen (secondary N) is 1. The van der Waals surface area contributed by atoms with Gasteiger partial charge >= 0.3 is 6.61 Å². The van der Waals surface area contributed by atoms with E-state index in [2.05, 4.69) is 10.1 Å². The minimum absolute atomic E-state index is 0.0826. The lowest BCUT2D eigenvalue weighted by atomic mass is 10.1. The van der Waals surface area contributed by atoms with Gasteiger partial charge in [-0.1, -0.05) is 12.1 Å². The van der Waals surface area contributed by atoms with Gasteiger partial charge in [-0.05, 0) is 31.2 Å². The Morgan fingerprint density at radius 1 is 1.38 bits per heavy atom. The summed E-state index contributed by atoms with van der Waals surface area (Å²) in [7, 11) is 1.42. The Morgan fingerprint density at radius 2 is 2.19 bits per heavy atom. The van der Waals surface area contributed by atoms with Crippen molar-refractivity contribution in [2.24, 2.45) is 5.92 Å². The van der Waals surface area contributed by atoms with Crippen LogP contribution in [0.4, 0.5) is 8.78 Å². The second-order valence-corrected chi connectivity index (χ2v) is 5.27. The standard InChI is InChI=1S/C15H21F2NO3/c1-20-13-4-2-3-11(14(13)21-15(16)17)8-18-12-6-5-10(7-12)9-19/h2-4,10,12,15,18-19H,5-9H2,1H3/t10-,12+/m1/s1. The van der Waals surface area contributed by atoms with Crippen LogP contribution in [0.5, 0.6) is 11.5 Å². The van der Waals surface area contributed by atoms with Crippen molar-refractivity contribution in [2.75, 3.05) is 13.7 Å². The minimum Gasteiger partial charge on any atom is -0.493 e. The molecule has 0 aromatic heterocycles. The van der Waals surface area contributed by atoms with Gasteiger partial charge in [-0.25, -0.2) is 0 Å². The van der Waals surface area contributed by atoms with Crippen molar-refractivity contribution in [3.05, 3.63) is 23.8 Å². The summed E-state index contributed by atoms with van der Waals surface area (Å²) in [6, 6.07) is 5.39. The van der Waals surface area contributed by atoms with E-state index < -0.39 is 6.61 Å². The Labute approximate surface area is 123 Å². The minimum atomic E-state index is -2.88. The average Bonchev–Trinajstić information content (AvgIpc) is 2.93. The van der Waals surface area contributed by atoms with Crippen molar-refractivity contribution in [1.29, 1.82) is 0 Å². The smallest absolute Gasteiger partial charge is 0.387 e. The zero-order valence-corrected chi connectivity index (χ0v) is 12.0. The first kappa shape index (κ1) is 16.0. The number of benzene rings is 1. The van der Waals surface area contributed by atoms with Crippen molar-refractivity contribution in [2.45, 2.75) is 38.5 Å². The van der Waals surface area contributed by atoms with Crippen LogP contribution < -0.4 is 14.8 Å². The summed E-state index contributed by atoms with van der Waals surface area (Å²) in [5.41, 5.74) is 0.641. The van der Waals surface area contributed by atoms with E-state index in [1.807, 2.05) is 0 Å². The summed E-state index contributed by atoms with van der Waals surface area (Å²) < 4.78 is 34.7. The number of methoxy groups -OCH3 is 1. The van der Waals surface area contributed by atoms with Crippen molar-refractivity contribution in [3.8, 4) is 11.5 Å². The van der Waals surface area contributed by atoms with Gasteiger partial charge in [0.15, 0.2) is 11.5 Å². The molecule has 1 aromatic rings. The van der Waals surface area contributed by atoms with Crippen LogP contribution >= 0.6 is 0 Å². The molecule has 0 spiro atoms. The molecule has 2 rings (SSSR count). The van der Waals surface area contributed by atoms with Gasteiger partial charge in [0, 0.05) is 24.8 Å². The number of aliphatic hydroxyl groups excluding tert-OH is 1. The average molecular weight is 301 g/mol. The fourth-order valence-corrected chi connectivity index (χ4v) is 2.76. The zero-order chi connectivity index (χ0) is 15.2. The van der Waals surface area contributed by atoms with E-state index in [-0.39, 0.29) is 12.4 Å². The molecule has 2 N–H and O–H groups in total. The molecule has 1 aliphatic rings. The number of para-hydroxylation sites is 1. The molecule has 0 radical (unpaired) electrons. The molecule has 0 heterocycles. The third-order valence-corrected chi connectivity index (χ3v) is 3.87. The van der Waals surface area contributed by atoms with E-state index in [4.69, 9.17) is 9.84 Å². The number of hydrogen-bond donors (Lipinski definition) is 2. The molecule has 0 bridgehead atoms. The highest BCUT2D eigenvalue weighted by Crippen LogP contribution is 2.33. The lowest BCUT2D eigenvalue weighted by Gasteiger charge is -2.17. The lowest BCUT2D eigenvalue weighted by molar-refractivity contribution is -0.0518. The molecule has 0 amide bonds. The van der Waals surface area contributed by atoms with Gasteiger partial charge in [0.2, 0.25) is 0 Å². The second kappa shape index (κ2) is 7.56. The Kier molecular flexibility index (Phi) is 5.76. The molecule has 0 saturated heterocycles. The first-order valence-corrected chi connectivity index (χ1v) is 7.09. The zero-order valence-electron chi connectivity index (χ0n) is 12.0. The van der Waals surface area contributed by atoms with Crippen molar-refractivity contribution in [3.63, 3.8) is 0 Å². The van der Waals surface area contributed by atoms with Crippen LogP contribution in [0.1, 0.15) is 24.8 Å². The highest BCUT2D eigenvalue weighted by molar-refractivity contribution is 5.46. The molecule has 4 nitrogen and oxygen atoms in total. The Morgan fingerprint density at radius 3 is 2.81 bits per heavy atom. The predicted octanol–water partition coefficient (Wildman–Crippen LogP) is 2.55. The van der Waals surface area contributed by atoms with Crippen molar-refractivity contribution >= 4 is 0 Å². The molecule has 2 atom stereocenters. The van der Waals surface area contributed by atoms with Gasteiger partial charge in [-0.3, -0.25) is 0 Å². The topological polar surface area (TPSA) is 50.7 Å². The SMILES string of the molecule is COc1cccc(CN[C@H]2CC[C@@H](CO)C2)c1OC(F)F. The van der Waals surface area contributed by atoms with E-state index in [9.17, 15) is 8.78 Å². The Hall–Kier alpha value is -1.40. The summed E-state index contributed by atoms with van der Waals surface area (Å²) in [5.74, 6) is 0.720. The van der Waals surface area contributed by atoms with Crippen molar-refractivity contribution in [1.82, 2.24) is 5.32 Å². The molecule has 1 aromatic carbocycles. The first-order valence-electron chi connectivity index (χ1n) is 7.09. The van der Waals surface area contributed by atoms with Crippen LogP contribution in [-0.4, -0.2) is 31.5 Å². The predicted molar refractivity (Wildman–Crippen MR) is 74.7 cm³/mol. The Balaban J connectivity index is 2.02. The maximum absolute atomic E-state index is 12.5. The monoisotopic (exact) mass is 301 g/mol. The van der Waals surface area contributed by atoms with Crippen LogP contribution in [-0.2, 0) is 6.54 Å². The maximum atomic E-state index is 12.5. The number of ether oxygens (including phenoxy) is 2. The molecule has 118 valence electrons. The molecule has 0 aliphatic heterocycles. The van der Waals surface area contributed by atoms with Crippen molar-refractivity contribution < 1.29 is 23.4 Å². The van der Waals surface area contributed by atoms with E-state index in [0.717, 1.165) is 19.3 Å². The summed E-state index contributed by atoms with van der Waals surface area (Å²) in [6.07, 6.45) is 2.89. The van der Waals surface area contributed by atoms with Crippen LogP contribution in [0.15, 0.2) is 18.2 Å². The number of alkyl halides is 2. The van der Waals surface area contributed by atoms with Crippen LogP contribution in [0.2, 0.25) is 0 Å². The summed E-state index contributed by atoms with van der Waals surface area (Å²) in [4.78, 5) is 0. The van der Waals surface area contributed by atoms with E-state index in [0.29, 0.717) is 29.8 Å². The van der Waals surface area contributed by atoms with Gasteiger partial charge in [0.05, 0.1) is 7.11 Å². The first-order chi connectivity index (χ1) is 10.1. The van der Waals surface area contributed by atoms with E-state index in [1.54, 1.807) is 18.2 Å². The third kappa shape index (κ3) is 4.28. The quantitative estimate of drug-likeness (QED) is 0.812. The third-order valence-electron chi connectivity index (χ3n) is 3.87. The molecular weight excluding hydrogens is 280 g/mol. The van der Waals surface area contributed by atoms with E-state index in [1.165, 1.54) is 7.11 Å². The number of hydrogen-bond acceptors (Lipinski definition) is 4. The largest absolute Gasteiger partial charge is 0.493 e. The van der Waals surface area contributed by atoms with Gasteiger partial charge in [-0.2, -0.15) is 8.78 Å². The van der Waals surface area contributed by atoms with Crippen LogP contribution in [0, 0.1) is 5.92 Å². The molecular formula is C15H21F2NO3. The van der Waals surface area contributed by atoms with Crippen LogP contribution in [0.3, 0.4) is 0 Å². The number of rotatable bonds is 7. The summed E-state index contributed by atoms with van der Waals surface area (Å²) >= 11 is 0. The molecule has 21 heavy (non-hydrogen) atoms.